The Morgan fingerprint density at radius 1 is 1.33 bits per heavy atom. The summed E-state index contributed by atoms with van der Waals surface area (Å²) in [7, 11) is 0. The van der Waals surface area contributed by atoms with Crippen LogP contribution >= 0.6 is 0 Å². The van der Waals surface area contributed by atoms with Crippen molar-refractivity contribution in [2.45, 2.75) is 50.5 Å². The Labute approximate surface area is 102 Å². The quantitative estimate of drug-likeness (QED) is 0.684. The molecule has 1 amide bonds. The monoisotopic (exact) mass is 268 g/mol. The van der Waals surface area contributed by atoms with Crippen LogP contribution in [0.1, 0.15) is 26.7 Å². The first-order valence-corrected chi connectivity index (χ1v) is 5.46. The van der Waals surface area contributed by atoms with Crippen LogP contribution in [-0.2, 0) is 9.59 Å². The molecule has 0 aliphatic heterocycles. The summed E-state index contributed by atoms with van der Waals surface area (Å²) in [6, 6.07) is -1.24. The number of carbonyl (C=O) groups is 2. The van der Waals surface area contributed by atoms with Crippen molar-refractivity contribution in [3.63, 3.8) is 0 Å². The van der Waals surface area contributed by atoms with E-state index < -0.39 is 29.6 Å². The number of carboxylic acid groups (broad SMARTS) is 1. The summed E-state index contributed by atoms with van der Waals surface area (Å²) < 4.78 is 38.0. The molecule has 0 heterocycles. The molecule has 0 bridgehead atoms. The van der Waals surface area contributed by atoms with Crippen molar-refractivity contribution < 1.29 is 27.9 Å². The van der Waals surface area contributed by atoms with Crippen LogP contribution in [0.25, 0.3) is 0 Å². The van der Waals surface area contributed by atoms with Crippen molar-refractivity contribution in [2.75, 3.05) is 0 Å². The van der Waals surface area contributed by atoms with Gasteiger partial charge in [-0.1, -0.05) is 0 Å². The number of hydrogen-bond acceptors (Lipinski definition) is 3. The van der Waals surface area contributed by atoms with Gasteiger partial charge in [0.1, 0.15) is 0 Å². The lowest BCUT2D eigenvalue weighted by Gasteiger charge is -2.31. The van der Waals surface area contributed by atoms with Crippen molar-refractivity contribution in [3.05, 3.63) is 0 Å². The fraction of sp³-hybridized carbons (Fsp3) is 0.800. The molecule has 2 atom stereocenters. The molecule has 2 unspecified atom stereocenters. The van der Waals surface area contributed by atoms with Gasteiger partial charge in [0.2, 0.25) is 11.4 Å². The SMILES string of the molecule is CC(NC(C)(C(=O)O)C(F)(F)F)C(=O)NC1CC1. The van der Waals surface area contributed by atoms with Gasteiger partial charge in [-0.25, -0.2) is 4.79 Å². The smallest absolute Gasteiger partial charge is 0.417 e. The molecule has 104 valence electrons. The second-order valence-corrected chi connectivity index (χ2v) is 4.58. The molecule has 18 heavy (non-hydrogen) atoms. The first kappa shape index (κ1) is 14.7. The van der Waals surface area contributed by atoms with E-state index in [1.807, 2.05) is 5.32 Å². The molecular formula is C10H15F3N2O3. The molecule has 8 heteroatoms. The van der Waals surface area contributed by atoms with Gasteiger partial charge >= 0.3 is 12.1 Å². The van der Waals surface area contributed by atoms with E-state index >= 15 is 0 Å². The molecule has 5 nitrogen and oxygen atoms in total. The summed E-state index contributed by atoms with van der Waals surface area (Å²) in [5, 5.41) is 13.0. The average molecular weight is 268 g/mol. The third-order valence-electron chi connectivity index (χ3n) is 2.82. The molecule has 0 aromatic carbocycles. The number of hydrogen-bond donors (Lipinski definition) is 3. The molecule has 0 saturated heterocycles. The standard InChI is InChI=1S/C10H15F3N2O3/c1-5(7(16)14-6-3-4-6)15-9(2,8(17)18)10(11,12)13/h5-6,15H,3-4H2,1-2H3,(H,14,16)(H,17,18). The highest BCUT2D eigenvalue weighted by Crippen LogP contribution is 2.31. The highest BCUT2D eigenvalue weighted by molar-refractivity contribution is 5.84. The van der Waals surface area contributed by atoms with Crippen LogP contribution in [0.3, 0.4) is 0 Å². The minimum absolute atomic E-state index is 0.00345. The number of carbonyl (C=O) groups excluding carboxylic acids is 1. The summed E-state index contributed by atoms with van der Waals surface area (Å²) in [5.41, 5.74) is -3.15. The van der Waals surface area contributed by atoms with Crippen LogP contribution in [0, 0.1) is 0 Å². The van der Waals surface area contributed by atoms with Gasteiger partial charge in [-0.15, -0.1) is 0 Å². The number of aliphatic carboxylic acids is 1. The van der Waals surface area contributed by atoms with Gasteiger partial charge in [0.05, 0.1) is 6.04 Å². The lowest BCUT2D eigenvalue weighted by molar-refractivity contribution is -0.207. The summed E-state index contributed by atoms with van der Waals surface area (Å²) in [6.07, 6.45) is -3.39. The number of rotatable bonds is 5. The van der Waals surface area contributed by atoms with Crippen molar-refractivity contribution in [1.82, 2.24) is 10.6 Å². The van der Waals surface area contributed by atoms with Crippen molar-refractivity contribution in [2.24, 2.45) is 0 Å². The largest absolute Gasteiger partial charge is 0.480 e. The molecule has 1 aliphatic carbocycles. The van der Waals surface area contributed by atoms with E-state index in [1.54, 1.807) is 0 Å². The predicted molar refractivity (Wildman–Crippen MR) is 55.9 cm³/mol. The Balaban J connectivity index is 2.71. The molecule has 1 fully saturated rings. The predicted octanol–water partition coefficient (Wildman–Crippen LogP) is 0.649. The van der Waals surface area contributed by atoms with Gasteiger partial charge in [0.25, 0.3) is 0 Å². The van der Waals surface area contributed by atoms with Gasteiger partial charge < -0.3 is 10.4 Å². The van der Waals surface area contributed by atoms with Crippen LogP contribution in [0.15, 0.2) is 0 Å². The Kier molecular flexibility index (Phi) is 3.89. The number of carboxylic acids is 1. The van der Waals surface area contributed by atoms with E-state index in [1.165, 1.54) is 6.92 Å². The van der Waals surface area contributed by atoms with Gasteiger partial charge in [-0.3, -0.25) is 10.1 Å². The van der Waals surface area contributed by atoms with Crippen molar-refractivity contribution in [3.8, 4) is 0 Å². The van der Waals surface area contributed by atoms with Crippen LogP contribution in [-0.4, -0.2) is 40.8 Å². The summed E-state index contributed by atoms with van der Waals surface area (Å²) in [6.45, 7) is 1.70. The molecule has 1 rings (SSSR count). The first-order chi connectivity index (χ1) is 8.08. The molecule has 0 aromatic heterocycles. The van der Waals surface area contributed by atoms with Gasteiger partial charge in [0, 0.05) is 6.04 Å². The lowest BCUT2D eigenvalue weighted by Crippen LogP contribution is -2.64. The molecule has 0 spiro atoms. The molecule has 0 aromatic rings. The Morgan fingerprint density at radius 2 is 1.83 bits per heavy atom. The first-order valence-electron chi connectivity index (χ1n) is 5.46. The third kappa shape index (κ3) is 3.12. The zero-order chi connectivity index (χ0) is 14.1. The second kappa shape index (κ2) is 4.75. The van der Waals surface area contributed by atoms with Crippen molar-refractivity contribution >= 4 is 11.9 Å². The zero-order valence-corrected chi connectivity index (χ0v) is 9.97. The molecular weight excluding hydrogens is 253 g/mol. The summed E-state index contributed by atoms with van der Waals surface area (Å²) in [5.74, 6) is -2.70. The lowest BCUT2D eigenvalue weighted by atomic mass is 10.0. The van der Waals surface area contributed by atoms with Crippen LogP contribution < -0.4 is 10.6 Å². The topological polar surface area (TPSA) is 78.4 Å². The average Bonchev–Trinajstić information content (AvgIpc) is 2.99. The van der Waals surface area contributed by atoms with E-state index in [0.717, 1.165) is 12.8 Å². The number of alkyl halides is 3. The highest BCUT2D eigenvalue weighted by atomic mass is 19.4. The van der Waals surface area contributed by atoms with Crippen LogP contribution in [0.5, 0.6) is 0 Å². The highest BCUT2D eigenvalue weighted by Gasteiger charge is 2.58. The Hall–Kier alpha value is -1.31. The Bertz CT molecular complexity index is 355. The summed E-state index contributed by atoms with van der Waals surface area (Å²) in [4.78, 5) is 22.2. The third-order valence-corrected chi connectivity index (χ3v) is 2.82. The van der Waals surface area contributed by atoms with Gasteiger partial charge in [-0.2, -0.15) is 13.2 Å². The summed E-state index contributed by atoms with van der Waals surface area (Å²) >= 11 is 0. The maximum Gasteiger partial charge on any atom is 0.417 e. The maximum absolute atomic E-state index is 12.7. The molecule has 0 radical (unpaired) electrons. The molecule has 3 N–H and O–H groups in total. The fourth-order valence-corrected chi connectivity index (χ4v) is 1.32. The van der Waals surface area contributed by atoms with Gasteiger partial charge in [-0.05, 0) is 26.7 Å². The maximum atomic E-state index is 12.7. The van der Waals surface area contributed by atoms with E-state index in [2.05, 4.69) is 5.32 Å². The van der Waals surface area contributed by atoms with Gasteiger partial charge in [0.15, 0.2) is 0 Å². The number of amides is 1. The zero-order valence-electron chi connectivity index (χ0n) is 9.97. The van der Waals surface area contributed by atoms with E-state index in [9.17, 15) is 22.8 Å². The van der Waals surface area contributed by atoms with Crippen molar-refractivity contribution in [1.29, 1.82) is 0 Å². The van der Waals surface area contributed by atoms with E-state index in [-0.39, 0.29) is 6.04 Å². The van der Waals surface area contributed by atoms with Crippen LogP contribution in [0.4, 0.5) is 13.2 Å². The normalized spacial score (nSPS) is 20.9. The van der Waals surface area contributed by atoms with E-state index in [4.69, 9.17) is 5.11 Å². The van der Waals surface area contributed by atoms with E-state index in [0.29, 0.717) is 6.92 Å². The Morgan fingerprint density at radius 3 is 2.17 bits per heavy atom. The van der Waals surface area contributed by atoms with Crippen LogP contribution in [0.2, 0.25) is 0 Å². The number of nitrogens with one attached hydrogen (secondary N) is 2. The minimum atomic E-state index is -4.99. The number of halogens is 3. The molecule has 1 saturated carbocycles. The minimum Gasteiger partial charge on any atom is -0.480 e. The molecule has 1 aliphatic rings. The second-order valence-electron chi connectivity index (χ2n) is 4.58. The fourth-order valence-electron chi connectivity index (χ4n) is 1.32.